The molecule has 2 N–H and O–H groups in total. The molecular weight excluding hydrogens is 352 g/mol. The lowest BCUT2D eigenvalue weighted by Gasteiger charge is -2.27. The van der Waals surface area contributed by atoms with Crippen LogP contribution >= 0.6 is 0 Å². The van der Waals surface area contributed by atoms with E-state index in [1.54, 1.807) is 0 Å². The molecule has 7 nitrogen and oxygen atoms in total. The van der Waals surface area contributed by atoms with E-state index >= 15 is 0 Å². The third-order valence-corrected chi connectivity index (χ3v) is 4.94. The summed E-state index contributed by atoms with van der Waals surface area (Å²) in [5.41, 5.74) is 3.79. The van der Waals surface area contributed by atoms with Gasteiger partial charge in [0, 0.05) is 44.1 Å². The summed E-state index contributed by atoms with van der Waals surface area (Å²) in [7, 11) is 0. The van der Waals surface area contributed by atoms with E-state index in [-0.39, 0.29) is 0 Å². The highest BCUT2D eigenvalue weighted by Crippen LogP contribution is 2.24. The fourth-order valence-corrected chi connectivity index (χ4v) is 3.44. The van der Waals surface area contributed by atoms with Crippen molar-refractivity contribution in [1.82, 2.24) is 24.6 Å². The zero-order valence-electron chi connectivity index (χ0n) is 16.1. The van der Waals surface area contributed by atoms with Crippen LogP contribution in [0, 0.1) is 0 Å². The maximum Gasteiger partial charge on any atom is 0.222 e. The van der Waals surface area contributed by atoms with Crippen LogP contribution in [0.2, 0.25) is 0 Å². The topological polar surface area (TPSA) is 79.1 Å². The van der Waals surface area contributed by atoms with E-state index in [9.17, 15) is 5.11 Å². The van der Waals surface area contributed by atoms with Gasteiger partial charge in [-0.15, -0.1) is 0 Å². The summed E-state index contributed by atoms with van der Waals surface area (Å²) in [5.74, 6) is 0.682. The van der Waals surface area contributed by atoms with Crippen LogP contribution in [-0.4, -0.2) is 42.8 Å². The number of anilines is 1. The van der Waals surface area contributed by atoms with E-state index in [1.165, 1.54) is 0 Å². The molecule has 0 amide bonds. The number of aliphatic hydroxyl groups is 1. The van der Waals surface area contributed by atoms with Gasteiger partial charge in [-0.1, -0.05) is 37.3 Å². The first-order valence-electron chi connectivity index (χ1n) is 9.79. The summed E-state index contributed by atoms with van der Waals surface area (Å²) < 4.78 is 2.01. The van der Waals surface area contributed by atoms with Crippen LogP contribution in [-0.2, 0) is 19.6 Å². The molecular formula is C21H26N6O. The predicted octanol–water partition coefficient (Wildman–Crippen LogP) is 2.59. The number of aliphatic hydroxyl groups excluding tert-OH is 1. The molecule has 7 heteroatoms. The normalized spacial score (nSPS) is 15.2. The fourth-order valence-electron chi connectivity index (χ4n) is 3.44. The lowest BCUT2D eigenvalue weighted by Crippen LogP contribution is -2.33. The maximum absolute atomic E-state index is 10.6. The van der Waals surface area contributed by atoms with E-state index in [1.807, 2.05) is 53.5 Å². The molecule has 0 aliphatic carbocycles. The van der Waals surface area contributed by atoms with E-state index in [4.69, 9.17) is 0 Å². The number of hydrogen-bond acceptors (Lipinski definition) is 6. The molecule has 0 fully saturated rings. The Bertz CT molecular complexity index is 893. The summed E-state index contributed by atoms with van der Waals surface area (Å²) in [5, 5.41) is 18.4. The molecule has 2 aromatic heterocycles. The molecule has 1 aliphatic heterocycles. The van der Waals surface area contributed by atoms with Gasteiger partial charge in [0.15, 0.2) is 0 Å². The van der Waals surface area contributed by atoms with Gasteiger partial charge in [-0.2, -0.15) is 5.10 Å². The summed E-state index contributed by atoms with van der Waals surface area (Å²) in [6, 6.07) is 11.7. The van der Waals surface area contributed by atoms with Crippen molar-refractivity contribution in [2.75, 3.05) is 18.4 Å². The van der Waals surface area contributed by atoms with Gasteiger partial charge in [0.25, 0.3) is 0 Å². The van der Waals surface area contributed by atoms with Crippen molar-refractivity contribution in [2.45, 2.75) is 39.1 Å². The molecule has 146 valence electrons. The lowest BCUT2D eigenvalue weighted by atomic mass is 10.1. The van der Waals surface area contributed by atoms with Crippen molar-refractivity contribution in [3.63, 3.8) is 0 Å². The average Bonchev–Trinajstić information content (AvgIpc) is 3.17. The van der Waals surface area contributed by atoms with Crippen LogP contribution in [0.5, 0.6) is 0 Å². The molecule has 0 radical (unpaired) electrons. The van der Waals surface area contributed by atoms with Crippen LogP contribution in [0.3, 0.4) is 0 Å². The zero-order valence-corrected chi connectivity index (χ0v) is 16.1. The molecule has 0 saturated carbocycles. The molecule has 4 rings (SSSR count). The molecule has 0 unspecified atom stereocenters. The largest absolute Gasteiger partial charge is 0.382 e. The van der Waals surface area contributed by atoms with Gasteiger partial charge in [-0.05, 0) is 18.1 Å². The van der Waals surface area contributed by atoms with Crippen LogP contribution in [0.1, 0.15) is 42.0 Å². The van der Waals surface area contributed by atoms with Crippen molar-refractivity contribution in [2.24, 2.45) is 0 Å². The van der Waals surface area contributed by atoms with Crippen molar-refractivity contribution in [1.29, 1.82) is 0 Å². The standard InChI is InChI=1S/C21H26N6O/c1-2-8-22-21-23-12-16(13-24-21)14-26-9-10-27-18(15-26)11-19(25-27)20(28)17-6-4-3-5-7-17/h3-7,11-13,20,28H,2,8-10,14-15H2,1H3,(H,22,23,24)/t20-/m0/s1. The Balaban J connectivity index is 1.40. The quantitative estimate of drug-likeness (QED) is 0.658. The minimum Gasteiger partial charge on any atom is -0.382 e. The lowest BCUT2D eigenvalue weighted by molar-refractivity contribution is 0.200. The van der Waals surface area contributed by atoms with Crippen molar-refractivity contribution in [3.05, 3.63) is 71.3 Å². The fraction of sp³-hybridized carbons (Fsp3) is 0.381. The first kappa shape index (κ1) is 18.6. The second-order valence-corrected chi connectivity index (χ2v) is 7.15. The Hall–Kier alpha value is -2.77. The highest BCUT2D eigenvalue weighted by Gasteiger charge is 2.22. The van der Waals surface area contributed by atoms with Crippen molar-refractivity contribution < 1.29 is 5.11 Å². The van der Waals surface area contributed by atoms with Gasteiger partial charge in [-0.25, -0.2) is 9.97 Å². The van der Waals surface area contributed by atoms with Crippen molar-refractivity contribution >= 4 is 5.95 Å². The first-order chi connectivity index (χ1) is 13.7. The molecule has 28 heavy (non-hydrogen) atoms. The van der Waals surface area contributed by atoms with Gasteiger partial charge < -0.3 is 10.4 Å². The number of benzene rings is 1. The van der Waals surface area contributed by atoms with Gasteiger partial charge in [0.1, 0.15) is 6.10 Å². The highest BCUT2D eigenvalue weighted by molar-refractivity contribution is 5.27. The Labute approximate surface area is 165 Å². The van der Waals surface area contributed by atoms with E-state index < -0.39 is 6.10 Å². The molecule has 3 heterocycles. The summed E-state index contributed by atoms with van der Waals surface area (Å²) in [4.78, 5) is 11.1. The Morgan fingerprint density at radius 2 is 1.93 bits per heavy atom. The third-order valence-electron chi connectivity index (χ3n) is 4.94. The van der Waals surface area contributed by atoms with Crippen LogP contribution in [0.15, 0.2) is 48.8 Å². The SMILES string of the molecule is CCCNc1ncc(CN2CCn3nc([C@@H](O)c4ccccc4)cc3C2)cn1. The number of rotatable bonds is 7. The van der Waals surface area contributed by atoms with E-state index in [2.05, 4.69) is 32.2 Å². The number of hydrogen-bond donors (Lipinski definition) is 2. The number of aromatic nitrogens is 4. The molecule has 0 bridgehead atoms. The molecule has 1 aliphatic rings. The molecule has 1 atom stereocenters. The number of fused-ring (bicyclic) bond motifs is 1. The Morgan fingerprint density at radius 1 is 1.14 bits per heavy atom. The second kappa shape index (κ2) is 8.50. The van der Waals surface area contributed by atoms with E-state index in [0.717, 1.165) is 56.0 Å². The Kier molecular flexibility index (Phi) is 5.64. The van der Waals surface area contributed by atoms with Gasteiger partial charge in [0.2, 0.25) is 5.95 Å². The van der Waals surface area contributed by atoms with E-state index in [0.29, 0.717) is 11.6 Å². The molecule has 0 spiro atoms. The number of nitrogens with one attached hydrogen (secondary N) is 1. The summed E-state index contributed by atoms with van der Waals surface area (Å²) >= 11 is 0. The first-order valence-corrected chi connectivity index (χ1v) is 9.79. The monoisotopic (exact) mass is 378 g/mol. The van der Waals surface area contributed by atoms with Crippen LogP contribution in [0.25, 0.3) is 0 Å². The average molecular weight is 378 g/mol. The van der Waals surface area contributed by atoms with Gasteiger partial charge in [0.05, 0.1) is 17.9 Å². The second-order valence-electron chi connectivity index (χ2n) is 7.15. The smallest absolute Gasteiger partial charge is 0.222 e. The molecule has 1 aromatic carbocycles. The molecule has 0 saturated heterocycles. The number of nitrogens with zero attached hydrogens (tertiary/aromatic N) is 5. The predicted molar refractivity (Wildman–Crippen MR) is 108 cm³/mol. The zero-order chi connectivity index (χ0) is 19.3. The minimum absolute atomic E-state index is 0.682. The van der Waals surface area contributed by atoms with Gasteiger partial charge >= 0.3 is 0 Å². The summed E-state index contributed by atoms with van der Waals surface area (Å²) in [6.45, 7) is 6.32. The maximum atomic E-state index is 10.6. The van der Waals surface area contributed by atoms with Crippen molar-refractivity contribution in [3.8, 4) is 0 Å². The Morgan fingerprint density at radius 3 is 2.68 bits per heavy atom. The minimum atomic E-state index is -0.690. The third kappa shape index (κ3) is 4.21. The highest BCUT2D eigenvalue weighted by atomic mass is 16.3. The summed E-state index contributed by atoms with van der Waals surface area (Å²) in [6.07, 6.45) is 4.14. The molecule has 3 aromatic rings. The van der Waals surface area contributed by atoms with Crippen LogP contribution < -0.4 is 5.32 Å². The van der Waals surface area contributed by atoms with Gasteiger partial charge in [-0.3, -0.25) is 9.58 Å². The van der Waals surface area contributed by atoms with Crippen LogP contribution in [0.4, 0.5) is 5.95 Å².